The number of aryl methyl sites for hydroxylation is 1. The lowest BCUT2D eigenvalue weighted by atomic mass is 10.2. The molecule has 1 aromatic rings. The van der Waals surface area contributed by atoms with Crippen LogP contribution >= 0.6 is 11.8 Å². The minimum atomic E-state index is -0.0120. The summed E-state index contributed by atoms with van der Waals surface area (Å²) in [6, 6.07) is 6.25. The van der Waals surface area contributed by atoms with E-state index in [0.29, 0.717) is 13.2 Å². The van der Waals surface area contributed by atoms with Gasteiger partial charge >= 0.3 is 0 Å². The molecule has 3 nitrogen and oxygen atoms in total. The Labute approximate surface area is 106 Å². The number of ether oxygens (including phenoxy) is 1. The van der Waals surface area contributed by atoms with Gasteiger partial charge in [-0.05, 0) is 31.5 Å². The summed E-state index contributed by atoms with van der Waals surface area (Å²) in [4.78, 5) is 15.2. The largest absolute Gasteiger partial charge is 0.383 e. The van der Waals surface area contributed by atoms with E-state index in [1.807, 2.05) is 18.7 Å². The number of fused-ring (bicyclic) bond motifs is 1. The number of carbonyl (C=O) groups excluding carboxylic acids is 1. The molecule has 0 radical (unpaired) electrons. The second-order valence-electron chi connectivity index (χ2n) is 4.21. The monoisotopic (exact) mass is 251 g/mol. The fourth-order valence-electron chi connectivity index (χ4n) is 1.93. The number of hydrogen-bond acceptors (Lipinski definition) is 3. The molecule has 0 saturated carbocycles. The van der Waals surface area contributed by atoms with E-state index in [1.165, 1.54) is 10.5 Å². The van der Waals surface area contributed by atoms with Crippen LogP contribution in [0.15, 0.2) is 23.1 Å². The first-order chi connectivity index (χ1) is 8.13. The van der Waals surface area contributed by atoms with Gasteiger partial charge in [-0.1, -0.05) is 6.07 Å². The zero-order valence-electron chi connectivity index (χ0n) is 10.4. The van der Waals surface area contributed by atoms with Crippen molar-refractivity contribution in [3.8, 4) is 0 Å². The number of methoxy groups -OCH3 is 1. The van der Waals surface area contributed by atoms with Crippen LogP contribution in [-0.2, 0) is 9.53 Å². The smallest absolute Gasteiger partial charge is 0.240 e. The second kappa shape index (κ2) is 5.10. The first-order valence-corrected chi connectivity index (χ1v) is 6.59. The van der Waals surface area contributed by atoms with E-state index in [2.05, 4.69) is 18.2 Å². The Bertz CT molecular complexity index is 433. The van der Waals surface area contributed by atoms with Gasteiger partial charge in [0.2, 0.25) is 5.91 Å². The minimum Gasteiger partial charge on any atom is -0.383 e. The van der Waals surface area contributed by atoms with Crippen molar-refractivity contribution in [3.63, 3.8) is 0 Å². The van der Waals surface area contributed by atoms with Crippen LogP contribution in [0.25, 0.3) is 0 Å². The van der Waals surface area contributed by atoms with E-state index in [-0.39, 0.29) is 11.2 Å². The SMILES string of the molecule is COCCN1C(=O)C(C)Sc2ccc(C)cc21. The molecule has 1 amide bonds. The Morgan fingerprint density at radius 1 is 1.47 bits per heavy atom. The molecule has 1 heterocycles. The molecule has 92 valence electrons. The molecule has 0 bridgehead atoms. The molecule has 0 fully saturated rings. The van der Waals surface area contributed by atoms with Gasteiger partial charge in [-0.25, -0.2) is 0 Å². The van der Waals surface area contributed by atoms with Gasteiger partial charge in [0, 0.05) is 18.6 Å². The summed E-state index contributed by atoms with van der Waals surface area (Å²) in [5.74, 6) is 0.171. The molecule has 0 aliphatic carbocycles. The second-order valence-corrected chi connectivity index (χ2v) is 5.60. The topological polar surface area (TPSA) is 29.5 Å². The van der Waals surface area contributed by atoms with Crippen molar-refractivity contribution < 1.29 is 9.53 Å². The van der Waals surface area contributed by atoms with Crippen LogP contribution in [0.2, 0.25) is 0 Å². The van der Waals surface area contributed by atoms with E-state index < -0.39 is 0 Å². The minimum absolute atomic E-state index is 0.0120. The van der Waals surface area contributed by atoms with Crippen molar-refractivity contribution in [1.29, 1.82) is 0 Å². The van der Waals surface area contributed by atoms with Gasteiger partial charge < -0.3 is 9.64 Å². The highest BCUT2D eigenvalue weighted by molar-refractivity contribution is 8.00. The van der Waals surface area contributed by atoms with Crippen molar-refractivity contribution in [1.82, 2.24) is 0 Å². The van der Waals surface area contributed by atoms with Crippen molar-refractivity contribution in [2.45, 2.75) is 24.0 Å². The third-order valence-corrected chi connectivity index (χ3v) is 4.00. The van der Waals surface area contributed by atoms with Crippen LogP contribution < -0.4 is 4.90 Å². The van der Waals surface area contributed by atoms with Gasteiger partial charge in [-0.2, -0.15) is 0 Å². The molecule has 0 aromatic heterocycles. The molecule has 1 aliphatic rings. The summed E-state index contributed by atoms with van der Waals surface area (Å²) < 4.78 is 5.07. The number of benzene rings is 1. The number of anilines is 1. The van der Waals surface area contributed by atoms with E-state index >= 15 is 0 Å². The zero-order valence-corrected chi connectivity index (χ0v) is 11.2. The van der Waals surface area contributed by atoms with Gasteiger partial charge in [0.05, 0.1) is 17.5 Å². The number of rotatable bonds is 3. The van der Waals surface area contributed by atoms with Gasteiger partial charge in [0.15, 0.2) is 0 Å². The van der Waals surface area contributed by atoms with Crippen LogP contribution in [0.4, 0.5) is 5.69 Å². The summed E-state index contributed by atoms with van der Waals surface area (Å²) >= 11 is 1.63. The van der Waals surface area contributed by atoms with Crippen molar-refractivity contribution in [3.05, 3.63) is 23.8 Å². The lowest BCUT2D eigenvalue weighted by Crippen LogP contribution is -2.41. The molecule has 4 heteroatoms. The molecular formula is C13H17NO2S. The van der Waals surface area contributed by atoms with E-state index in [4.69, 9.17) is 4.74 Å². The van der Waals surface area contributed by atoms with Crippen molar-refractivity contribution in [2.24, 2.45) is 0 Å². The quantitative estimate of drug-likeness (QED) is 0.826. The van der Waals surface area contributed by atoms with Crippen LogP contribution in [0, 0.1) is 6.92 Å². The number of hydrogen-bond donors (Lipinski definition) is 0. The van der Waals surface area contributed by atoms with Crippen LogP contribution in [0.3, 0.4) is 0 Å². The first kappa shape index (κ1) is 12.5. The number of thioether (sulfide) groups is 1. The van der Waals surface area contributed by atoms with E-state index in [1.54, 1.807) is 18.9 Å². The summed E-state index contributed by atoms with van der Waals surface area (Å²) in [5, 5.41) is -0.0120. The summed E-state index contributed by atoms with van der Waals surface area (Å²) in [6.45, 7) is 5.19. The highest BCUT2D eigenvalue weighted by Gasteiger charge is 2.30. The Morgan fingerprint density at radius 3 is 2.94 bits per heavy atom. The highest BCUT2D eigenvalue weighted by Crippen LogP contribution is 2.39. The van der Waals surface area contributed by atoms with Crippen LogP contribution in [-0.4, -0.2) is 31.4 Å². The maximum atomic E-state index is 12.2. The standard InChI is InChI=1S/C13H17NO2S/c1-9-4-5-12-11(8-9)14(6-7-16-3)13(15)10(2)17-12/h4-5,8,10H,6-7H2,1-3H3. The van der Waals surface area contributed by atoms with Gasteiger partial charge in [0.25, 0.3) is 0 Å². The van der Waals surface area contributed by atoms with Crippen molar-refractivity contribution in [2.75, 3.05) is 25.2 Å². The fraction of sp³-hybridized carbons (Fsp3) is 0.462. The fourth-order valence-corrected chi connectivity index (χ4v) is 2.98. The number of nitrogens with zero attached hydrogens (tertiary/aromatic N) is 1. The Morgan fingerprint density at radius 2 is 2.24 bits per heavy atom. The Balaban J connectivity index is 2.36. The lowest BCUT2D eigenvalue weighted by Gasteiger charge is -2.32. The first-order valence-electron chi connectivity index (χ1n) is 5.71. The molecule has 1 aliphatic heterocycles. The molecule has 2 rings (SSSR count). The molecule has 1 aromatic carbocycles. The molecule has 1 atom stereocenters. The van der Waals surface area contributed by atoms with Gasteiger partial charge in [0.1, 0.15) is 0 Å². The molecule has 0 saturated heterocycles. The van der Waals surface area contributed by atoms with Crippen LogP contribution in [0.1, 0.15) is 12.5 Å². The number of amides is 1. The summed E-state index contributed by atoms with van der Waals surface area (Å²) in [7, 11) is 1.66. The molecule has 0 N–H and O–H groups in total. The lowest BCUT2D eigenvalue weighted by molar-refractivity contribution is -0.118. The third-order valence-electron chi connectivity index (χ3n) is 2.84. The van der Waals surface area contributed by atoms with Crippen molar-refractivity contribution >= 4 is 23.4 Å². The van der Waals surface area contributed by atoms with E-state index in [9.17, 15) is 4.79 Å². The predicted molar refractivity (Wildman–Crippen MR) is 70.7 cm³/mol. The van der Waals surface area contributed by atoms with Gasteiger partial charge in [-0.15, -0.1) is 11.8 Å². The average molecular weight is 251 g/mol. The Hall–Kier alpha value is -1.00. The maximum absolute atomic E-state index is 12.2. The van der Waals surface area contributed by atoms with Gasteiger partial charge in [-0.3, -0.25) is 4.79 Å². The Kier molecular flexibility index (Phi) is 3.74. The summed E-state index contributed by atoms with van der Waals surface area (Å²) in [5.41, 5.74) is 2.20. The van der Waals surface area contributed by atoms with Crippen LogP contribution in [0.5, 0.6) is 0 Å². The third kappa shape index (κ3) is 2.48. The zero-order chi connectivity index (χ0) is 12.4. The number of carbonyl (C=O) groups is 1. The predicted octanol–water partition coefficient (Wildman–Crippen LogP) is 2.47. The molecule has 1 unspecified atom stereocenters. The molecule has 0 spiro atoms. The average Bonchev–Trinajstić information content (AvgIpc) is 2.31. The summed E-state index contributed by atoms with van der Waals surface area (Å²) in [6.07, 6.45) is 0. The normalized spacial score (nSPS) is 19.4. The highest BCUT2D eigenvalue weighted by atomic mass is 32.2. The van der Waals surface area contributed by atoms with E-state index in [0.717, 1.165) is 5.69 Å². The molecular weight excluding hydrogens is 234 g/mol. The maximum Gasteiger partial charge on any atom is 0.240 e. The molecule has 17 heavy (non-hydrogen) atoms.